The van der Waals surface area contributed by atoms with E-state index in [1.807, 2.05) is 13.8 Å². The average molecular weight is 258 g/mol. The molecule has 0 saturated heterocycles. The normalized spacial score (nSPS) is 13.8. The van der Waals surface area contributed by atoms with Gasteiger partial charge in [0.25, 0.3) is 0 Å². The van der Waals surface area contributed by atoms with Crippen LogP contribution in [0, 0.1) is 5.92 Å². The molecule has 0 spiro atoms. The van der Waals surface area contributed by atoms with Gasteiger partial charge in [-0.3, -0.25) is 14.4 Å². The van der Waals surface area contributed by atoms with Gasteiger partial charge in [0.05, 0.1) is 0 Å². The summed E-state index contributed by atoms with van der Waals surface area (Å²) in [6.45, 7) is 5.07. The number of primary amides is 1. The van der Waals surface area contributed by atoms with Crippen LogP contribution in [-0.2, 0) is 14.4 Å². The van der Waals surface area contributed by atoms with Gasteiger partial charge in [0, 0.05) is 13.5 Å². The fourth-order valence-electron chi connectivity index (χ4n) is 1.47. The van der Waals surface area contributed by atoms with Gasteiger partial charge in [0.2, 0.25) is 17.7 Å². The summed E-state index contributed by atoms with van der Waals surface area (Å²) >= 11 is 0. The van der Waals surface area contributed by atoms with Gasteiger partial charge in [-0.15, -0.1) is 0 Å². The van der Waals surface area contributed by atoms with Gasteiger partial charge in [-0.1, -0.05) is 13.8 Å². The Kier molecular flexibility index (Phi) is 6.96. The minimum absolute atomic E-state index is 0.0431. The molecule has 7 nitrogen and oxygen atoms in total. The molecule has 7 heteroatoms. The summed E-state index contributed by atoms with van der Waals surface area (Å²) in [5.74, 6) is -1.26. The summed E-state index contributed by atoms with van der Waals surface area (Å²) in [5.41, 5.74) is 10.6. The number of nitrogens with two attached hydrogens (primary N) is 2. The lowest BCUT2D eigenvalue weighted by atomic mass is 10.0. The van der Waals surface area contributed by atoms with Crippen molar-refractivity contribution in [3.8, 4) is 0 Å². The first-order valence-corrected chi connectivity index (χ1v) is 5.84. The molecule has 3 amide bonds. The van der Waals surface area contributed by atoms with Crippen molar-refractivity contribution in [2.24, 2.45) is 17.4 Å². The first kappa shape index (κ1) is 16.4. The van der Waals surface area contributed by atoms with E-state index in [1.54, 1.807) is 0 Å². The second-order valence-corrected chi connectivity index (χ2v) is 4.58. The Morgan fingerprint density at radius 3 is 2.00 bits per heavy atom. The molecule has 0 bridgehead atoms. The molecule has 2 unspecified atom stereocenters. The second-order valence-electron chi connectivity index (χ2n) is 4.58. The third kappa shape index (κ3) is 6.19. The molecule has 0 saturated carbocycles. The van der Waals surface area contributed by atoms with E-state index in [0.717, 1.165) is 0 Å². The summed E-state index contributed by atoms with van der Waals surface area (Å²) in [7, 11) is 0. The zero-order valence-corrected chi connectivity index (χ0v) is 11.0. The van der Waals surface area contributed by atoms with Crippen molar-refractivity contribution < 1.29 is 14.4 Å². The Morgan fingerprint density at radius 2 is 1.67 bits per heavy atom. The van der Waals surface area contributed by atoms with Gasteiger partial charge >= 0.3 is 0 Å². The Morgan fingerprint density at radius 1 is 1.11 bits per heavy atom. The summed E-state index contributed by atoms with van der Waals surface area (Å²) in [6.07, 6.45) is 0.443. The molecule has 18 heavy (non-hydrogen) atoms. The molecule has 0 fully saturated rings. The highest BCUT2D eigenvalue weighted by atomic mass is 16.2. The molecule has 0 rings (SSSR count). The topological polar surface area (TPSA) is 127 Å². The lowest BCUT2D eigenvalue weighted by molar-refractivity contribution is -0.130. The molecule has 0 aromatic heterocycles. The van der Waals surface area contributed by atoms with Crippen LogP contribution < -0.4 is 22.1 Å². The van der Waals surface area contributed by atoms with Crippen LogP contribution in [0.3, 0.4) is 0 Å². The molecule has 0 aromatic carbocycles. The molecule has 6 N–H and O–H groups in total. The van der Waals surface area contributed by atoms with Gasteiger partial charge < -0.3 is 22.1 Å². The first-order chi connectivity index (χ1) is 8.27. The smallest absolute Gasteiger partial charge is 0.244 e. The summed E-state index contributed by atoms with van der Waals surface area (Å²) < 4.78 is 0. The lowest BCUT2D eigenvalue weighted by Crippen LogP contribution is -2.55. The van der Waals surface area contributed by atoms with Crippen LogP contribution in [0.1, 0.15) is 27.2 Å². The summed E-state index contributed by atoms with van der Waals surface area (Å²) in [5, 5.41) is 4.89. The highest BCUT2D eigenvalue weighted by molar-refractivity contribution is 5.91. The first-order valence-electron chi connectivity index (χ1n) is 5.84. The Balaban J connectivity index is 4.56. The minimum atomic E-state index is -0.850. The third-order valence-corrected chi connectivity index (χ3v) is 2.30. The highest BCUT2D eigenvalue weighted by Crippen LogP contribution is 2.04. The van der Waals surface area contributed by atoms with Crippen molar-refractivity contribution in [1.82, 2.24) is 10.6 Å². The van der Waals surface area contributed by atoms with E-state index < -0.39 is 23.9 Å². The molecule has 0 aliphatic rings. The second kappa shape index (κ2) is 7.65. The number of carbonyl (C=O) groups is 3. The van der Waals surface area contributed by atoms with Crippen LogP contribution in [0.4, 0.5) is 0 Å². The minimum Gasteiger partial charge on any atom is -0.368 e. The fourth-order valence-corrected chi connectivity index (χ4v) is 1.47. The standard InChI is InChI=1S/C11H22N4O3/c1-6(2)4-8(10(13)17)15-11(18)9(5-12)14-7(3)16/h6,8-9H,4-5,12H2,1-3H3,(H2,13,17)(H,14,16)(H,15,18). The van der Waals surface area contributed by atoms with E-state index in [2.05, 4.69) is 10.6 Å². The molecular weight excluding hydrogens is 236 g/mol. The van der Waals surface area contributed by atoms with Gasteiger partial charge in [0.15, 0.2) is 0 Å². The average Bonchev–Trinajstić information content (AvgIpc) is 2.23. The zero-order valence-electron chi connectivity index (χ0n) is 11.0. The number of nitrogens with one attached hydrogen (secondary N) is 2. The number of rotatable bonds is 7. The van der Waals surface area contributed by atoms with Crippen LogP contribution in [-0.4, -0.2) is 36.3 Å². The van der Waals surface area contributed by atoms with Crippen molar-refractivity contribution in [1.29, 1.82) is 0 Å². The van der Waals surface area contributed by atoms with E-state index in [4.69, 9.17) is 11.5 Å². The Bertz CT molecular complexity index is 317. The van der Waals surface area contributed by atoms with Gasteiger partial charge in [-0.25, -0.2) is 0 Å². The van der Waals surface area contributed by atoms with Gasteiger partial charge in [0.1, 0.15) is 12.1 Å². The van der Waals surface area contributed by atoms with E-state index in [-0.39, 0.29) is 18.4 Å². The third-order valence-electron chi connectivity index (χ3n) is 2.30. The van der Waals surface area contributed by atoms with Crippen molar-refractivity contribution in [3.05, 3.63) is 0 Å². The monoisotopic (exact) mass is 258 g/mol. The van der Waals surface area contributed by atoms with Crippen LogP contribution >= 0.6 is 0 Å². The van der Waals surface area contributed by atoms with Crippen LogP contribution in [0.15, 0.2) is 0 Å². The van der Waals surface area contributed by atoms with E-state index >= 15 is 0 Å². The molecule has 104 valence electrons. The Hall–Kier alpha value is -1.63. The van der Waals surface area contributed by atoms with Crippen molar-refractivity contribution in [2.45, 2.75) is 39.3 Å². The number of carbonyl (C=O) groups excluding carboxylic acids is 3. The predicted octanol–water partition coefficient (Wildman–Crippen LogP) is -1.53. The summed E-state index contributed by atoms with van der Waals surface area (Å²) in [6, 6.07) is -1.60. The molecular formula is C11H22N4O3. The van der Waals surface area contributed by atoms with Crippen molar-refractivity contribution in [2.75, 3.05) is 6.54 Å². The predicted molar refractivity (Wildman–Crippen MR) is 67.2 cm³/mol. The van der Waals surface area contributed by atoms with Crippen molar-refractivity contribution >= 4 is 17.7 Å². The van der Waals surface area contributed by atoms with Gasteiger partial charge in [-0.2, -0.15) is 0 Å². The maximum absolute atomic E-state index is 11.8. The molecule has 0 radical (unpaired) electrons. The highest BCUT2D eigenvalue weighted by Gasteiger charge is 2.24. The quantitative estimate of drug-likeness (QED) is 0.441. The van der Waals surface area contributed by atoms with E-state index in [9.17, 15) is 14.4 Å². The maximum Gasteiger partial charge on any atom is 0.244 e. The molecule has 0 heterocycles. The van der Waals surface area contributed by atoms with Crippen molar-refractivity contribution in [3.63, 3.8) is 0 Å². The van der Waals surface area contributed by atoms with Crippen LogP contribution in [0.2, 0.25) is 0 Å². The molecule has 2 atom stereocenters. The van der Waals surface area contributed by atoms with E-state index in [0.29, 0.717) is 6.42 Å². The maximum atomic E-state index is 11.8. The lowest BCUT2D eigenvalue weighted by Gasteiger charge is -2.21. The molecule has 0 aromatic rings. The SMILES string of the molecule is CC(=O)NC(CN)C(=O)NC(CC(C)C)C(N)=O. The largest absolute Gasteiger partial charge is 0.368 e. The Labute approximate surface area is 107 Å². The fraction of sp³-hybridized carbons (Fsp3) is 0.727. The van der Waals surface area contributed by atoms with E-state index in [1.165, 1.54) is 6.92 Å². The van der Waals surface area contributed by atoms with Gasteiger partial charge in [-0.05, 0) is 12.3 Å². The number of amides is 3. The molecule has 0 aliphatic carbocycles. The number of hydrogen-bond acceptors (Lipinski definition) is 4. The zero-order chi connectivity index (χ0) is 14.3. The van der Waals surface area contributed by atoms with Crippen LogP contribution in [0.25, 0.3) is 0 Å². The molecule has 0 aliphatic heterocycles. The summed E-state index contributed by atoms with van der Waals surface area (Å²) in [4.78, 5) is 33.9. The number of hydrogen-bond donors (Lipinski definition) is 4. The van der Waals surface area contributed by atoms with Crippen LogP contribution in [0.5, 0.6) is 0 Å².